The predicted octanol–water partition coefficient (Wildman–Crippen LogP) is 6.80. The van der Waals surface area contributed by atoms with E-state index in [1.165, 1.54) is 15.6 Å². The summed E-state index contributed by atoms with van der Waals surface area (Å²) in [4.78, 5) is 0.101. The van der Waals surface area contributed by atoms with Gasteiger partial charge in [0.05, 0.1) is 0 Å². The van der Waals surface area contributed by atoms with Crippen LogP contribution in [0.2, 0.25) is 0 Å². The summed E-state index contributed by atoms with van der Waals surface area (Å²) >= 11 is 0. The Morgan fingerprint density at radius 1 is 0.556 bits per heavy atom. The summed E-state index contributed by atoms with van der Waals surface area (Å²) in [5.41, 5.74) is 8.00. The Balaban J connectivity index is 1.60. The molecule has 0 bridgehead atoms. The van der Waals surface area contributed by atoms with Gasteiger partial charge in [-0.15, -0.1) is 5.54 Å². The Morgan fingerprint density at radius 2 is 1.07 bits per heavy atom. The van der Waals surface area contributed by atoms with Gasteiger partial charge in [0.25, 0.3) is 0 Å². The summed E-state index contributed by atoms with van der Waals surface area (Å²) < 4.78 is 32.9. The Kier molecular flexibility index (Phi) is 8.53. The summed E-state index contributed by atoms with van der Waals surface area (Å²) in [6, 6.07) is 51.5. The molecule has 6 rings (SSSR count). The fraction of sp³-hybridized carbons (Fsp3) is 0.0500. The molecule has 0 saturated carbocycles. The van der Waals surface area contributed by atoms with Crippen molar-refractivity contribution >= 4 is 33.8 Å². The van der Waals surface area contributed by atoms with Gasteiger partial charge < -0.3 is 4.18 Å². The standard InChI is InChI=1S/C40H32O3SSi/c1-31-25-27-34(28-26-31)44(41,42)43-39-24-14-16-33(40(39)38-23-13-12-15-32(38)2)29-30-45(35-17-6-3-7-18-35,36-19-8-4-9-20-36)37-21-10-5-11-22-37/h3-28H,1-2H3. The van der Waals surface area contributed by atoms with Crippen molar-refractivity contribution in [3.05, 3.63) is 174 Å². The predicted molar refractivity (Wildman–Crippen MR) is 186 cm³/mol. The first kappa shape index (κ1) is 29.9. The highest BCUT2D eigenvalue weighted by Gasteiger charge is 2.38. The van der Waals surface area contributed by atoms with Crippen LogP contribution >= 0.6 is 0 Å². The number of aryl methyl sites for hydroxylation is 2. The smallest absolute Gasteiger partial charge is 0.339 e. The highest BCUT2D eigenvalue weighted by molar-refractivity contribution is 7.87. The van der Waals surface area contributed by atoms with Crippen LogP contribution in [0.5, 0.6) is 5.75 Å². The van der Waals surface area contributed by atoms with Crippen molar-refractivity contribution in [3.8, 4) is 28.3 Å². The zero-order chi connectivity index (χ0) is 31.3. The van der Waals surface area contributed by atoms with Crippen LogP contribution in [0.4, 0.5) is 0 Å². The van der Waals surface area contributed by atoms with E-state index in [9.17, 15) is 8.42 Å². The van der Waals surface area contributed by atoms with Crippen LogP contribution in [0.3, 0.4) is 0 Å². The van der Waals surface area contributed by atoms with Gasteiger partial charge in [-0.25, -0.2) is 0 Å². The number of benzene rings is 6. The van der Waals surface area contributed by atoms with Crippen LogP contribution in [-0.4, -0.2) is 16.5 Å². The molecule has 5 heteroatoms. The zero-order valence-electron chi connectivity index (χ0n) is 25.1. The minimum atomic E-state index is -4.10. The molecule has 0 N–H and O–H groups in total. The SMILES string of the molecule is Cc1ccc(S(=O)(=O)Oc2cccc(C#C[Si](c3ccccc3)(c3ccccc3)c3ccccc3)c2-c2ccccc2C)cc1. The van der Waals surface area contributed by atoms with E-state index >= 15 is 0 Å². The Bertz CT molecular complexity index is 2000. The minimum absolute atomic E-state index is 0.101. The van der Waals surface area contributed by atoms with Gasteiger partial charge >= 0.3 is 10.1 Å². The second kappa shape index (κ2) is 12.8. The van der Waals surface area contributed by atoms with Crippen molar-refractivity contribution in [2.75, 3.05) is 0 Å². The minimum Gasteiger partial charge on any atom is -0.378 e. The topological polar surface area (TPSA) is 43.4 Å². The lowest BCUT2D eigenvalue weighted by Crippen LogP contribution is -2.66. The molecular weight excluding hydrogens is 589 g/mol. The Morgan fingerprint density at radius 3 is 1.60 bits per heavy atom. The first-order valence-electron chi connectivity index (χ1n) is 14.8. The van der Waals surface area contributed by atoms with E-state index in [4.69, 9.17) is 4.18 Å². The molecule has 0 fully saturated rings. The summed E-state index contributed by atoms with van der Waals surface area (Å²) in [5, 5.41) is 3.50. The second-order valence-electron chi connectivity index (χ2n) is 10.9. The Labute approximate surface area is 267 Å². The summed E-state index contributed by atoms with van der Waals surface area (Å²) in [6.45, 7) is 3.92. The van der Waals surface area contributed by atoms with Crippen LogP contribution in [0, 0.1) is 25.3 Å². The molecule has 0 aromatic heterocycles. The third-order valence-electron chi connectivity index (χ3n) is 7.95. The number of hydrogen-bond donors (Lipinski definition) is 0. The van der Waals surface area contributed by atoms with Crippen molar-refractivity contribution in [3.63, 3.8) is 0 Å². The summed E-state index contributed by atoms with van der Waals surface area (Å²) in [5.74, 6) is 3.82. The number of rotatable bonds is 7. The molecule has 3 nitrogen and oxygen atoms in total. The molecule has 220 valence electrons. The van der Waals surface area contributed by atoms with Crippen molar-refractivity contribution in [1.29, 1.82) is 0 Å². The van der Waals surface area contributed by atoms with E-state index in [1.54, 1.807) is 30.3 Å². The van der Waals surface area contributed by atoms with Crippen LogP contribution < -0.4 is 19.7 Å². The first-order valence-corrected chi connectivity index (χ1v) is 18.2. The van der Waals surface area contributed by atoms with Gasteiger partial charge in [0, 0.05) is 11.1 Å². The van der Waals surface area contributed by atoms with Crippen LogP contribution in [0.25, 0.3) is 11.1 Å². The lowest BCUT2D eigenvalue weighted by molar-refractivity contribution is 0.487. The number of hydrogen-bond acceptors (Lipinski definition) is 3. The molecule has 0 aliphatic heterocycles. The van der Waals surface area contributed by atoms with Crippen molar-refractivity contribution in [2.24, 2.45) is 0 Å². The highest BCUT2D eigenvalue weighted by atomic mass is 32.2. The summed E-state index contributed by atoms with van der Waals surface area (Å²) in [6.07, 6.45) is 0. The molecule has 0 aliphatic rings. The van der Waals surface area contributed by atoms with Gasteiger partial charge in [-0.05, 0) is 64.8 Å². The first-order chi connectivity index (χ1) is 21.9. The van der Waals surface area contributed by atoms with Gasteiger partial charge in [-0.1, -0.05) is 145 Å². The molecular formula is C40H32O3SSi. The second-order valence-corrected chi connectivity index (χ2v) is 16.0. The molecule has 0 heterocycles. The lowest BCUT2D eigenvalue weighted by atomic mass is 9.95. The fourth-order valence-corrected chi connectivity index (χ4v) is 10.4. The highest BCUT2D eigenvalue weighted by Crippen LogP contribution is 2.37. The van der Waals surface area contributed by atoms with E-state index < -0.39 is 18.2 Å². The quantitative estimate of drug-likeness (QED) is 0.0854. The van der Waals surface area contributed by atoms with Gasteiger partial charge in [0.2, 0.25) is 8.07 Å². The lowest BCUT2D eigenvalue weighted by Gasteiger charge is -2.28. The van der Waals surface area contributed by atoms with E-state index in [2.05, 4.69) is 84.3 Å². The molecule has 0 unspecified atom stereocenters. The molecule has 45 heavy (non-hydrogen) atoms. The zero-order valence-corrected chi connectivity index (χ0v) is 27.0. The molecule has 0 aliphatic carbocycles. The molecule has 0 radical (unpaired) electrons. The van der Waals surface area contributed by atoms with Crippen LogP contribution in [0.15, 0.2) is 163 Å². The Hall–Kier alpha value is -5.15. The average Bonchev–Trinajstić information content (AvgIpc) is 3.07. The molecule has 0 amide bonds. The van der Waals surface area contributed by atoms with Crippen molar-refractivity contribution in [1.82, 2.24) is 0 Å². The molecule has 0 saturated heterocycles. The van der Waals surface area contributed by atoms with Crippen LogP contribution in [-0.2, 0) is 10.1 Å². The molecule has 0 atom stereocenters. The molecule has 0 spiro atoms. The van der Waals surface area contributed by atoms with Gasteiger partial charge in [0.15, 0.2) is 5.75 Å². The third-order valence-corrected chi connectivity index (χ3v) is 13.3. The largest absolute Gasteiger partial charge is 0.378 e. The summed E-state index contributed by atoms with van der Waals surface area (Å²) in [7, 11) is -6.99. The monoisotopic (exact) mass is 620 g/mol. The molecule has 6 aromatic rings. The van der Waals surface area contributed by atoms with Gasteiger partial charge in [-0.2, -0.15) is 8.42 Å². The molecule has 6 aromatic carbocycles. The maximum Gasteiger partial charge on any atom is 0.339 e. The maximum atomic E-state index is 13.5. The van der Waals surface area contributed by atoms with Gasteiger partial charge in [-0.3, -0.25) is 0 Å². The van der Waals surface area contributed by atoms with E-state index in [0.29, 0.717) is 11.1 Å². The van der Waals surface area contributed by atoms with E-state index in [1.807, 2.05) is 68.4 Å². The van der Waals surface area contributed by atoms with E-state index in [0.717, 1.165) is 16.7 Å². The van der Waals surface area contributed by atoms with E-state index in [-0.39, 0.29) is 10.6 Å². The van der Waals surface area contributed by atoms with Gasteiger partial charge in [0.1, 0.15) is 4.90 Å². The third kappa shape index (κ3) is 6.12. The fourth-order valence-electron chi connectivity index (χ4n) is 5.65. The normalized spacial score (nSPS) is 11.3. The average molecular weight is 621 g/mol. The van der Waals surface area contributed by atoms with Crippen LogP contribution in [0.1, 0.15) is 16.7 Å². The van der Waals surface area contributed by atoms with Crippen molar-refractivity contribution < 1.29 is 12.6 Å². The maximum absolute atomic E-state index is 13.5. The van der Waals surface area contributed by atoms with Crippen molar-refractivity contribution in [2.45, 2.75) is 18.7 Å².